The van der Waals surface area contributed by atoms with Gasteiger partial charge in [0.15, 0.2) is 0 Å². The summed E-state index contributed by atoms with van der Waals surface area (Å²) in [4.78, 5) is 6.66. The molecule has 1 rings (SSSR count). The normalized spacial score (nSPS) is 13.7. The van der Waals surface area contributed by atoms with Gasteiger partial charge in [0.1, 0.15) is 0 Å². The molecule has 1 aromatic rings. The van der Waals surface area contributed by atoms with Crippen LogP contribution in [0.25, 0.3) is 0 Å². The average molecular weight is 268 g/mol. The minimum Gasteiger partial charge on any atom is -0.383 e. The van der Waals surface area contributed by atoms with Crippen LogP contribution >= 0.6 is 0 Å². The number of imidazole rings is 1. The smallest absolute Gasteiger partial charge is 0.0951 e. The summed E-state index contributed by atoms with van der Waals surface area (Å²) in [5.74, 6) is 0. The highest BCUT2D eigenvalue weighted by Gasteiger charge is 2.24. The molecule has 0 saturated carbocycles. The maximum absolute atomic E-state index is 6.02. The van der Waals surface area contributed by atoms with E-state index in [0.717, 1.165) is 6.54 Å². The van der Waals surface area contributed by atoms with Crippen LogP contribution in [0.4, 0.5) is 0 Å². The predicted molar refractivity (Wildman–Crippen MR) is 78.1 cm³/mol. The Kier molecular flexibility index (Phi) is 6.48. The fraction of sp³-hybridized carbons (Fsp3) is 0.786. The number of nitrogens with two attached hydrogens (primary N) is 1. The summed E-state index contributed by atoms with van der Waals surface area (Å²) >= 11 is 0. The number of ether oxygens (including phenoxy) is 1. The van der Waals surface area contributed by atoms with Gasteiger partial charge in [-0.2, -0.15) is 0 Å². The number of rotatable bonds is 8. The van der Waals surface area contributed by atoms with E-state index >= 15 is 0 Å². The molecule has 0 spiro atoms. The van der Waals surface area contributed by atoms with Crippen LogP contribution in [0.5, 0.6) is 0 Å². The highest BCUT2D eigenvalue weighted by atomic mass is 16.5. The predicted octanol–water partition coefficient (Wildman–Crippen LogP) is 1.82. The molecule has 1 atom stereocenters. The highest BCUT2D eigenvalue weighted by molar-refractivity contribution is 5.08. The van der Waals surface area contributed by atoms with Crippen molar-refractivity contribution in [1.29, 1.82) is 0 Å². The van der Waals surface area contributed by atoms with Gasteiger partial charge in [-0.25, -0.2) is 4.98 Å². The van der Waals surface area contributed by atoms with Gasteiger partial charge in [-0.1, -0.05) is 0 Å². The Morgan fingerprint density at radius 2 is 2.05 bits per heavy atom. The Hall–Kier alpha value is -0.910. The van der Waals surface area contributed by atoms with Crippen molar-refractivity contribution in [2.24, 2.45) is 5.73 Å². The molecule has 0 aromatic carbocycles. The van der Waals surface area contributed by atoms with Crippen molar-refractivity contribution < 1.29 is 4.74 Å². The molecule has 0 aliphatic heterocycles. The highest BCUT2D eigenvalue weighted by Crippen LogP contribution is 2.24. The molecule has 0 fully saturated rings. The van der Waals surface area contributed by atoms with Crippen LogP contribution in [0.15, 0.2) is 12.5 Å². The van der Waals surface area contributed by atoms with Gasteiger partial charge in [-0.05, 0) is 27.7 Å². The number of nitrogens with zero attached hydrogens (tertiary/aromatic N) is 3. The summed E-state index contributed by atoms with van der Waals surface area (Å²) in [5, 5.41) is 0. The Bertz CT molecular complexity index is 362. The first-order valence-corrected chi connectivity index (χ1v) is 6.99. The van der Waals surface area contributed by atoms with Gasteiger partial charge in [-0.15, -0.1) is 0 Å². The van der Waals surface area contributed by atoms with E-state index in [9.17, 15) is 0 Å². The Balaban J connectivity index is 2.98. The molecule has 2 N–H and O–H groups in total. The van der Waals surface area contributed by atoms with Crippen molar-refractivity contribution in [2.75, 3.05) is 26.8 Å². The molecule has 1 heterocycles. The summed E-state index contributed by atoms with van der Waals surface area (Å²) in [6.45, 7) is 10.9. The van der Waals surface area contributed by atoms with Crippen molar-refractivity contribution in [2.45, 2.75) is 45.8 Å². The van der Waals surface area contributed by atoms with Crippen molar-refractivity contribution in [3.63, 3.8) is 0 Å². The molecule has 0 saturated heterocycles. The minimum atomic E-state index is 0.181. The van der Waals surface area contributed by atoms with E-state index in [-0.39, 0.29) is 6.04 Å². The van der Waals surface area contributed by atoms with Crippen LogP contribution in [0.1, 0.15) is 45.5 Å². The second-order valence-corrected chi connectivity index (χ2v) is 5.40. The van der Waals surface area contributed by atoms with E-state index < -0.39 is 0 Å². The lowest BCUT2D eigenvalue weighted by Crippen LogP contribution is -2.41. The molecule has 0 amide bonds. The fourth-order valence-electron chi connectivity index (χ4n) is 2.40. The van der Waals surface area contributed by atoms with Crippen molar-refractivity contribution >= 4 is 0 Å². The minimum absolute atomic E-state index is 0.181. The molecule has 0 radical (unpaired) electrons. The lowest BCUT2D eigenvalue weighted by atomic mass is 10.1. The SMILES string of the molecule is COCCN(C(C)C)C(CN)c1cncn1C(C)C. The van der Waals surface area contributed by atoms with Gasteiger partial charge in [-0.3, -0.25) is 4.90 Å². The third-order valence-corrected chi connectivity index (χ3v) is 3.43. The standard InChI is InChI=1S/C14H28N4O/c1-11(2)17(6-7-19-5)13(8-15)14-9-16-10-18(14)12(3)4/h9-13H,6-8,15H2,1-5H3. The van der Waals surface area contributed by atoms with E-state index in [4.69, 9.17) is 10.5 Å². The zero-order valence-electron chi connectivity index (χ0n) is 12.8. The molecule has 5 heteroatoms. The van der Waals surface area contributed by atoms with E-state index in [2.05, 4.69) is 42.1 Å². The van der Waals surface area contributed by atoms with Gasteiger partial charge in [0.2, 0.25) is 0 Å². The molecular formula is C14H28N4O. The van der Waals surface area contributed by atoms with Crippen molar-refractivity contribution in [3.05, 3.63) is 18.2 Å². The van der Waals surface area contributed by atoms with Gasteiger partial charge in [0.05, 0.1) is 24.7 Å². The topological polar surface area (TPSA) is 56.3 Å². The molecule has 0 aliphatic carbocycles. The van der Waals surface area contributed by atoms with Crippen molar-refractivity contribution in [1.82, 2.24) is 14.5 Å². The quantitative estimate of drug-likeness (QED) is 0.781. The molecule has 110 valence electrons. The zero-order chi connectivity index (χ0) is 14.4. The third kappa shape index (κ3) is 4.03. The fourth-order valence-corrected chi connectivity index (χ4v) is 2.40. The first-order valence-electron chi connectivity index (χ1n) is 6.99. The summed E-state index contributed by atoms with van der Waals surface area (Å²) in [5.41, 5.74) is 7.20. The van der Waals surface area contributed by atoms with E-state index in [0.29, 0.717) is 25.2 Å². The second-order valence-electron chi connectivity index (χ2n) is 5.40. The van der Waals surface area contributed by atoms with E-state index in [1.165, 1.54) is 5.69 Å². The van der Waals surface area contributed by atoms with Gasteiger partial charge < -0.3 is 15.0 Å². The number of methoxy groups -OCH3 is 1. The van der Waals surface area contributed by atoms with Gasteiger partial charge >= 0.3 is 0 Å². The summed E-state index contributed by atoms with van der Waals surface area (Å²) < 4.78 is 7.40. The monoisotopic (exact) mass is 268 g/mol. The van der Waals surface area contributed by atoms with Crippen LogP contribution < -0.4 is 5.73 Å². The zero-order valence-corrected chi connectivity index (χ0v) is 12.8. The van der Waals surface area contributed by atoms with Crippen molar-refractivity contribution in [3.8, 4) is 0 Å². The molecular weight excluding hydrogens is 240 g/mol. The van der Waals surface area contributed by atoms with Gasteiger partial charge in [0.25, 0.3) is 0 Å². The lowest BCUT2D eigenvalue weighted by Gasteiger charge is -2.35. The number of hydrogen-bond acceptors (Lipinski definition) is 4. The first kappa shape index (κ1) is 16.1. The maximum Gasteiger partial charge on any atom is 0.0951 e. The summed E-state index contributed by atoms with van der Waals surface area (Å²) in [6.07, 6.45) is 3.82. The van der Waals surface area contributed by atoms with Crippen LogP contribution in [-0.4, -0.2) is 47.3 Å². The number of aromatic nitrogens is 2. The largest absolute Gasteiger partial charge is 0.383 e. The molecule has 5 nitrogen and oxygen atoms in total. The van der Waals surface area contributed by atoms with Crippen LogP contribution in [0, 0.1) is 0 Å². The van der Waals surface area contributed by atoms with Crippen LogP contribution in [0.3, 0.4) is 0 Å². The van der Waals surface area contributed by atoms with Crippen LogP contribution in [-0.2, 0) is 4.74 Å². The second kappa shape index (κ2) is 7.62. The third-order valence-electron chi connectivity index (χ3n) is 3.43. The molecule has 1 aromatic heterocycles. The Morgan fingerprint density at radius 1 is 1.37 bits per heavy atom. The molecule has 1 unspecified atom stereocenters. The maximum atomic E-state index is 6.02. The van der Waals surface area contributed by atoms with Crippen LogP contribution in [0.2, 0.25) is 0 Å². The summed E-state index contributed by atoms with van der Waals surface area (Å²) in [6, 6.07) is 0.988. The average Bonchev–Trinajstić information content (AvgIpc) is 2.83. The Morgan fingerprint density at radius 3 is 2.53 bits per heavy atom. The number of hydrogen-bond donors (Lipinski definition) is 1. The van der Waals surface area contributed by atoms with E-state index in [1.54, 1.807) is 7.11 Å². The molecule has 0 bridgehead atoms. The molecule has 19 heavy (non-hydrogen) atoms. The Labute approximate surface area is 116 Å². The first-order chi connectivity index (χ1) is 9.02. The molecule has 0 aliphatic rings. The summed E-state index contributed by atoms with van der Waals surface area (Å²) in [7, 11) is 1.73. The van der Waals surface area contributed by atoms with E-state index in [1.807, 2.05) is 12.5 Å². The van der Waals surface area contributed by atoms with Gasteiger partial charge in [0, 0.05) is 38.5 Å². The lowest BCUT2D eigenvalue weighted by molar-refractivity contribution is 0.0945.